The largest absolute Gasteiger partial charge is 0.321 e. The summed E-state index contributed by atoms with van der Waals surface area (Å²) in [5.74, 6) is 0. The van der Waals surface area contributed by atoms with Gasteiger partial charge in [0.15, 0.2) is 0 Å². The third-order valence-corrected chi connectivity index (χ3v) is 2.04. The monoisotopic (exact) mass is 208 g/mol. The Bertz CT molecular complexity index is 308. The van der Waals surface area contributed by atoms with E-state index in [9.17, 15) is 0 Å². The first kappa shape index (κ1) is 10.3. The highest BCUT2D eigenvalue weighted by atomic mass is 35.5. The molecule has 0 saturated carbocycles. The van der Waals surface area contributed by atoms with Crippen molar-refractivity contribution >= 4 is 28.3 Å². The highest BCUT2D eigenvalue weighted by Gasteiger charge is 2.03. The molecule has 4 radical (unpaired) electrons. The molecule has 2 nitrogen and oxygen atoms in total. The topological polar surface area (TPSA) is 24.1 Å². The molecule has 0 aromatic heterocycles. The molecule has 1 aliphatic rings. The molecule has 13 heavy (non-hydrogen) atoms. The molecule has 0 unspecified atom stereocenters. The highest BCUT2D eigenvalue weighted by Crippen LogP contribution is 2.15. The quantitative estimate of drug-likeness (QED) is 0.682. The Morgan fingerprint density at radius 2 is 1.85 bits per heavy atom. The van der Waals surface area contributed by atoms with Gasteiger partial charge in [-0.1, -0.05) is 23.7 Å². The molecule has 0 spiro atoms. The van der Waals surface area contributed by atoms with Crippen molar-refractivity contribution in [1.82, 2.24) is 10.9 Å². The Balaban J connectivity index is 0.000000845. The third kappa shape index (κ3) is 2.34. The van der Waals surface area contributed by atoms with Gasteiger partial charge >= 0.3 is 0 Å². The minimum Gasteiger partial charge on any atom is -0.321 e. The van der Waals surface area contributed by atoms with Crippen molar-refractivity contribution < 1.29 is 0 Å². The average Bonchev–Trinajstić information content (AvgIpc) is 2.58. The van der Waals surface area contributed by atoms with E-state index in [4.69, 9.17) is 11.6 Å². The van der Waals surface area contributed by atoms with Crippen LogP contribution in [0.4, 0.5) is 0 Å². The standard InChI is InChI=1S/C9H9ClN2.Si/c10-8-3-1-7(2-4-8)9-5-6-11-12-9;/h1-5,11-12H,6H2;. The molecule has 0 bridgehead atoms. The number of benzene rings is 1. The number of hydrogen-bond donors (Lipinski definition) is 2. The maximum atomic E-state index is 5.76. The van der Waals surface area contributed by atoms with Gasteiger partial charge in [-0.3, -0.25) is 0 Å². The van der Waals surface area contributed by atoms with E-state index in [0.29, 0.717) is 0 Å². The number of hydrogen-bond acceptors (Lipinski definition) is 2. The lowest BCUT2D eigenvalue weighted by Crippen LogP contribution is -2.22. The van der Waals surface area contributed by atoms with Gasteiger partial charge in [0.25, 0.3) is 0 Å². The number of hydrazine groups is 1. The van der Waals surface area contributed by atoms with Gasteiger partial charge in [-0.2, -0.15) is 0 Å². The second kappa shape index (κ2) is 4.46. The zero-order chi connectivity index (χ0) is 8.39. The van der Waals surface area contributed by atoms with Crippen LogP contribution in [0.5, 0.6) is 0 Å². The van der Waals surface area contributed by atoms with Crippen LogP contribution in [0, 0.1) is 0 Å². The van der Waals surface area contributed by atoms with Gasteiger partial charge in [0.2, 0.25) is 0 Å². The summed E-state index contributed by atoms with van der Waals surface area (Å²) in [7, 11) is 0. The lowest BCUT2D eigenvalue weighted by molar-refractivity contribution is 0.738. The van der Waals surface area contributed by atoms with Crippen molar-refractivity contribution in [2.24, 2.45) is 0 Å². The first-order valence-electron chi connectivity index (χ1n) is 3.81. The minimum absolute atomic E-state index is 0. The van der Waals surface area contributed by atoms with Crippen molar-refractivity contribution in [3.05, 3.63) is 40.9 Å². The van der Waals surface area contributed by atoms with Gasteiger partial charge in [-0.25, -0.2) is 5.43 Å². The molecule has 1 aromatic rings. The minimum atomic E-state index is 0. The molecule has 2 rings (SSSR count). The van der Waals surface area contributed by atoms with E-state index in [1.165, 1.54) is 0 Å². The van der Waals surface area contributed by atoms with E-state index in [1.54, 1.807) is 0 Å². The summed E-state index contributed by atoms with van der Waals surface area (Å²) in [6, 6.07) is 7.76. The van der Waals surface area contributed by atoms with Crippen LogP contribution in [0.2, 0.25) is 5.02 Å². The average molecular weight is 209 g/mol. The van der Waals surface area contributed by atoms with Gasteiger partial charge in [0, 0.05) is 22.5 Å². The van der Waals surface area contributed by atoms with Gasteiger partial charge in [0.05, 0.1) is 5.70 Å². The summed E-state index contributed by atoms with van der Waals surface area (Å²) in [4.78, 5) is 0. The Hall–Kier alpha value is -0.773. The van der Waals surface area contributed by atoms with Gasteiger partial charge in [-0.15, -0.1) is 0 Å². The first-order chi connectivity index (χ1) is 5.86. The van der Waals surface area contributed by atoms with E-state index < -0.39 is 0 Å². The molecule has 0 aliphatic carbocycles. The second-order valence-corrected chi connectivity index (χ2v) is 3.07. The van der Waals surface area contributed by atoms with Crippen LogP contribution in [-0.2, 0) is 0 Å². The van der Waals surface area contributed by atoms with Crippen molar-refractivity contribution in [2.45, 2.75) is 0 Å². The summed E-state index contributed by atoms with van der Waals surface area (Å²) < 4.78 is 0. The number of nitrogens with one attached hydrogen (secondary N) is 2. The molecule has 0 saturated heterocycles. The maximum absolute atomic E-state index is 5.76. The molecular formula is C9H9ClN2Si. The summed E-state index contributed by atoms with van der Waals surface area (Å²) in [5, 5.41) is 0.769. The smallest absolute Gasteiger partial charge is 0.0533 e. The lowest BCUT2D eigenvalue weighted by Gasteiger charge is -2.03. The van der Waals surface area contributed by atoms with Gasteiger partial charge in [-0.05, 0) is 23.8 Å². The van der Waals surface area contributed by atoms with Crippen LogP contribution in [0.3, 0.4) is 0 Å². The Morgan fingerprint density at radius 1 is 1.15 bits per heavy atom. The molecule has 1 aromatic carbocycles. The fraction of sp³-hybridized carbons (Fsp3) is 0.111. The predicted octanol–water partition coefficient (Wildman–Crippen LogP) is 1.41. The van der Waals surface area contributed by atoms with Crippen molar-refractivity contribution in [1.29, 1.82) is 0 Å². The molecule has 0 atom stereocenters. The van der Waals surface area contributed by atoms with Crippen LogP contribution in [0.25, 0.3) is 5.70 Å². The van der Waals surface area contributed by atoms with Crippen molar-refractivity contribution in [3.8, 4) is 0 Å². The molecule has 66 valence electrons. The predicted molar refractivity (Wildman–Crippen MR) is 56.3 cm³/mol. The highest BCUT2D eigenvalue weighted by molar-refractivity contribution is 6.30. The van der Waals surface area contributed by atoms with Crippen LogP contribution in [0.15, 0.2) is 30.3 Å². The van der Waals surface area contributed by atoms with Crippen molar-refractivity contribution in [2.75, 3.05) is 6.54 Å². The molecule has 1 heterocycles. The lowest BCUT2D eigenvalue weighted by atomic mass is 10.1. The summed E-state index contributed by atoms with van der Waals surface area (Å²) in [6.45, 7) is 0.873. The third-order valence-electron chi connectivity index (χ3n) is 1.79. The van der Waals surface area contributed by atoms with E-state index in [1.807, 2.05) is 24.3 Å². The number of halogens is 1. The maximum Gasteiger partial charge on any atom is 0.0533 e. The molecule has 4 heteroatoms. The van der Waals surface area contributed by atoms with E-state index in [-0.39, 0.29) is 11.0 Å². The van der Waals surface area contributed by atoms with Crippen LogP contribution >= 0.6 is 11.6 Å². The summed E-state index contributed by atoms with van der Waals surface area (Å²) >= 11 is 5.76. The molecule has 1 aliphatic heterocycles. The van der Waals surface area contributed by atoms with Crippen LogP contribution in [-0.4, -0.2) is 17.5 Å². The second-order valence-electron chi connectivity index (χ2n) is 2.63. The Labute approximate surface area is 87.0 Å². The SMILES string of the molecule is Clc1ccc(C2=CCNN2)cc1.[Si]. The fourth-order valence-corrected chi connectivity index (χ4v) is 1.30. The molecule has 2 N–H and O–H groups in total. The van der Waals surface area contributed by atoms with E-state index in [0.717, 1.165) is 22.8 Å². The van der Waals surface area contributed by atoms with Gasteiger partial charge in [0.1, 0.15) is 0 Å². The zero-order valence-electron chi connectivity index (χ0n) is 6.97. The Morgan fingerprint density at radius 3 is 2.38 bits per heavy atom. The summed E-state index contributed by atoms with van der Waals surface area (Å²) in [6.07, 6.45) is 2.10. The van der Waals surface area contributed by atoms with Crippen LogP contribution in [0.1, 0.15) is 5.56 Å². The van der Waals surface area contributed by atoms with E-state index in [2.05, 4.69) is 16.9 Å². The zero-order valence-corrected chi connectivity index (χ0v) is 8.73. The first-order valence-corrected chi connectivity index (χ1v) is 4.19. The van der Waals surface area contributed by atoms with Crippen molar-refractivity contribution in [3.63, 3.8) is 0 Å². The fourth-order valence-electron chi connectivity index (χ4n) is 1.17. The van der Waals surface area contributed by atoms with Crippen LogP contribution < -0.4 is 10.9 Å². The normalized spacial score (nSPS) is 14.4. The molecule has 0 amide bonds. The molecule has 0 fully saturated rings. The summed E-state index contributed by atoms with van der Waals surface area (Å²) in [5.41, 5.74) is 8.34. The Kier molecular flexibility index (Phi) is 3.54. The van der Waals surface area contributed by atoms with E-state index >= 15 is 0 Å². The number of rotatable bonds is 1. The molecular weight excluding hydrogens is 200 g/mol. The van der Waals surface area contributed by atoms with Gasteiger partial charge < -0.3 is 5.43 Å².